The molecule has 0 saturated heterocycles. The zero-order valence-corrected chi connectivity index (χ0v) is 22.4. The van der Waals surface area contributed by atoms with Gasteiger partial charge in [0.1, 0.15) is 22.8 Å². The van der Waals surface area contributed by atoms with Gasteiger partial charge in [-0.05, 0) is 51.5 Å². The zero-order chi connectivity index (χ0) is 26.4. The molecule has 0 fully saturated rings. The number of ether oxygens (including phenoxy) is 2. The minimum atomic E-state index is -0.175. The minimum Gasteiger partial charge on any atom is -0.454 e. The number of aromatic nitrogens is 2. The molecule has 1 aliphatic heterocycles. The number of amides is 1. The lowest BCUT2D eigenvalue weighted by atomic mass is 10.0. The maximum absolute atomic E-state index is 12.8. The number of oxime groups is 1. The van der Waals surface area contributed by atoms with Crippen molar-refractivity contribution in [3.8, 4) is 11.5 Å². The van der Waals surface area contributed by atoms with Gasteiger partial charge in [0.2, 0.25) is 12.7 Å². The molecule has 0 unspecified atom stereocenters. The van der Waals surface area contributed by atoms with Crippen molar-refractivity contribution >= 4 is 39.1 Å². The van der Waals surface area contributed by atoms with E-state index in [2.05, 4.69) is 39.2 Å². The molecule has 0 aliphatic carbocycles. The van der Waals surface area contributed by atoms with Crippen LogP contribution in [0.4, 0.5) is 5.95 Å². The lowest BCUT2D eigenvalue weighted by molar-refractivity contribution is 0.0955. The van der Waals surface area contributed by atoms with Gasteiger partial charge in [-0.3, -0.25) is 4.79 Å². The number of hydrogen-bond donors (Lipinski definition) is 2. The van der Waals surface area contributed by atoms with E-state index in [-0.39, 0.29) is 18.6 Å². The Hall–Kier alpha value is -3.48. The van der Waals surface area contributed by atoms with Crippen molar-refractivity contribution in [2.75, 3.05) is 66.0 Å². The summed E-state index contributed by atoms with van der Waals surface area (Å²) in [4.78, 5) is 32.8. The van der Waals surface area contributed by atoms with E-state index in [1.807, 2.05) is 37.2 Å². The highest BCUT2D eigenvalue weighted by Gasteiger charge is 2.22. The van der Waals surface area contributed by atoms with Crippen LogP contribution in [0, 0.1) is 0 Å². The van der Waals surface area contributed by atoms with Crippen LogP contribution in [0.15, 0.2) is 29.4 Å². The maximum atomic E-state index is 12.8. The third-order valence-electron chi connectivity index (χ3n) is 5.90. The first-order valence-electron chi connectivity index (χ1n) is 12.2. The third-order valence-corrected chi connectivity index (χ3v) is 6.93. The Morgan fingerprint density at radius 2 is 1.95 bits per heavy atom. The molecule has 1 amide bonds. The van der Waals surface area contributed by atoms with Gasteiger partial charge in [0, 0.05) is 30.6 Å². The maximum Gasteiger partial charge on any atom is 0.261 e. The zero-order valence-electron chi connectivity index (χ0n) is 21.6. The molecule has 3 aromatic rings. The summed E-state index contributed by atoms with van der Waals surface area (Å²) in [5.74, 6) is 1.18. The van der Waals surface area contributed by atoms with E-state index in [1.165, 1.54) is 11.3 Å². The fourth-order valence-electron chi connectivity index (χ4n) is 3.81. The van der Waals surface area contributed by atoms with Crippen LogP contribution in [-0.4, -0.2) is 91.6 Å². The molecule has 4 rings (SSSR count). The van der Waals surface area contributed by atoms with Crippen molar-refractivity contribution in [2.45, 2.75) is 13.8 Å². The number of carbonyl (C=O) groups excluding carboxylic acids is 1. The van der Waals surface area contributed by atoms with Crippen LogP contribution < -0.4 is 20.5 Å². The van der Waals surface area contributed by atoms with Crippen LogP contribution in [0.1, 0.15) is 34.8 Å². The van der Waals surface area contributed by atoms with Gasteiger partial charge in [0.05, 0.1) is 4.88 Å². The van der Waals surface area contributed by atoms with Gasteiger partial charge in [0.25, 0.3) is 5.91 Å². The Labute approximate surface area is 220 Å². The quantitative estimate of drug-likeness (QED) is 0.207. The number of hydrogen-bond acceptors (Lipinski definition) is 11. The monoisotopic (exact) mass is 527 g/mol. The molecule has 0 saturated carbocycles. The number of benzene rings is 1. The summed E-state index contributed by atoms with van der Waals surface area (Å²) in [5, 5.41) is 8.10. The topological polar surface area (TPSA) is 127 Å². The average Bonchev–Trinajstić information content (AvgIpc) is 3.52. The SMILES string of the molecule is CCN(CC)CCO/N=C(/c1ccc2c(c1)OCO2)c1nc(N)nc2sc(C(=O)NCCN(C)C)cc12. The predicted octanol–water partition coefficient (Wildman–Crippen LogP) is 2.40. The Morgan fingerprint density at radius 3 is 2.70 bits per heavy atom. The lowest BCUT2D eigenvalue weighted by Gasteiger charge is -2.16. The van der Waals surface area contributed by atoms with E-state index in [0.717, 1.165) is 31.7 Å². The molecule has 1 aromatic carbocycles. The van der Waals surface area contributed by atoms with E-state index in [4.69, 9.17) is 20.0 Å². The number of nitrogens with two attached hydrogens (primary N) is 1. The largest absolute Gasteiger partial charge is 0.454 e. The molecule has 12 heteroatoms. The molecule has 1 aliphatic rings. The van der Waals surface area contributed by atoms with E-state index in [0.29, 0.717) is 51.2 Å². The first-order chi connectivity index (χ1) is 17.9. The van der Waals surface area contributed by atoms with Crippen molar-refractivity contribution in [3.05, 3.63) is 40.4 Å². The first-order valence-corrected chi connectivity index (χ1v) is 13.0. The van der Waals surface area contributed by atoms with Gasteiger partial charge < -0.3 is 35.2 Å². The number of likely N-dealkylation sites (N-methyl/N-ethyl adjacent to an activating group) is 2. The number of thiophene rings is 1. The summed E-state index contributed by atoms with van der Waals surface area (Å²) in [5.41, 5.74) is 7.76. The molecule has 2 aromatic heterocycles. The second-order valence-corrected chi connectivity index (χ2v) is 9.72. The van der Waals surface area contributed by atoms with E-state index < -0.39 is 0 Å². The van der Waals surface area contributed by atoms with E-state index in [9.17, 15) is 4.79 Å². The number of carbonyl (C=O) groups is 1. The van der Waals surface area contributed by atoms with Crippen molar-refractivity contribution in [3.63, 3.8) is 0 Å². The summed E-state index contributed by atoms with van der Waals surface area (Å²) in [6, 6.07) is 7.30. The summed E-state index contributed by atoms with van der Waals surface area (Å²) in [6.07, 6.45) is 0. The molecule has 0 radical (unpaired) electrons. The molecule has 0 spiro atoms. The highest BCUT2D eigenvalue weighted by atomic mass is 32.1. The molecule has 3 heterocycles. The van der Waals surface area contributed by atoms with Crippen molar-refractivity contribution in [1.82, 2.24) is 25.1 Å². The van der Waals surface area contributed by atoms with Crippen LogP contribution >= 0.6 is 11.3 Å². The highest BCUT2D eigenvalue weighted by molar-refractivity contribution is 7.20. The van der Waals surface area contributed by atoms with E-state index in [1.54, 1.807) is 6.07 Å². The second-order valence-electron chi connectivity index (χ2n) is 8.69. The average molecular weight is 528 g/mol. The molecular weight excluding hydrogens is 494 g/mol. The van der Waals surface area contributed by atoms with Gasteiger partial charge in [-0.2, -0.15) is 0 Å². The smallest absolute Gasteiger partial charge is 0.261 e. The van der Waals surface area contributed by atoms with Crippen LogP contribution in [-0.2, 0) is 4.84 Å². The number of nitrogens with zero attached hydrogens (tertiary/aromatic N) is 5. The molecule has 198 valence electrons. The number of anilines is 1. The Kier molecular flexibility index (Phi) is 8.74. The summed E-state index contributed by atoms with van der Waals surface area (Å²) in [6.45, 7) is 8.64. The normalized spacial score (nSPS) is 13.1. The van der Waals surface area contributed by atoms with Gasteiger partial charge in [-0.25, -0.2) is 9.97 Å². The third kappa shape index (κ3) is 6.45. The number of nitrogen functional groups attached to an aromatic ring is 1. The molecule has 0 bridgehead atoms. The van der Waals surface area contributed by atoms with Gasteiger partial charge in [-0.15, -0.1) is 11.3 Å². The summed E-state index contributed by atoms with van der Waals surface area (Å²) < 4.78 is 11.0. The molecule has 3 N–H and O–H groups in total. The number of nitrogens with one attached hydrogen (secondary N) is 1. The Bertz CT molecular complexity index is 1270. The standard InChI is InChI=1S/C25H33N7O4S/c1-5-32(6-2)11-12-36-30-21(16-7-8-18-19(13-16)35-15-34-18)22-17-14-20(23(33)27-9-10-31(3)4)37-24(17)29-25(26)28-22/h7-8,13-14H,5-6,9-12,15H2,1-4H3,(H,27,33)(H2,26,28,29)/b30-21-. The number of rotatable bonds is 12. The highest BCUT2D eigenvalue weighted by Crippen LogP contribution is 2.34. The van der Waals surface area contributed by atoms with Crippen LogP contribution in [0.2, 0.25) is 0 Å². The van der Waals surface area contributed by atoms with Gasteiger partial charge in [0.15, 0.2) is 11.5 Å². The summed E-state index contributed by atoms with van der Waals surface area (Å²) in [7, 11) is 3.91. The second kappa shape index (κ2) is 12.2. The predicted molar refractivity (Wildman–Crippen MR) is 145 cm³/mol. The molecular formula is C25H33N7O4S. The fraction of sp³-hybridized carbons (Fsp3) is 0.440. The first kappa shape index (κ1) is 26.6. The number of fused-ring (bicyclic) bond motifs is 2. The van der Waals surface area contributed by atoms with Crippen molar-refractivity contribution < 1.29 is 19.1 Å². The molecule has 37 heavy (non-hydrogen) atoms. The lowest BCUT2D eigenvalue weighted by Crippen LogP contribution is -2.30. The fourth-order valence-corrected chi connectivity index (χ4v) is 4.76. The van der Waals surface area contributed by atoms with Crippen LogP contribution in [0.5, 0.6) is 11.5 Å². The van der Waals surface area contributed by atoms with Crippen LogP contribution in [0.25, 0.3) is 10.2 Å². The summed E-state index contributed by atoms with van der Waals surface area (Å²) >= 11 is 1.26. The van der Waals surface area contributed by atoms with E-state index >= 15 is 0 Å². The Morgan fingerprint density at radius 1 is 1.16 bits per heavy atom. The molecule has 0 atom stereocenters. The Balaban J connectivity index is 1.70. The van der Waals surface area contributed by atoms with Gasteiger partial charge >= 0.3 is 0 Å². The minimum absolute atomic E-state index is 0.0838. The van der Waals surface area contributed by atoms with Crippen LogP contribution in [0.3, 0.4) is 0 Å². The molecule has 11 nitrogen and oxygen atoms in total. The van der Waals surface area contributed by atoms with Crippen molar-refractivity contribution in [1.29, 1.82) is 0 Å². The van der Waals surface area contributed by atoms with Gasteiger partial charge in [-0.1, -0.05) is 19.0 Å². The van der Waals surface area contributed by atoms with Crippen molar-refractivity contribution in [2.24, 2.45) is 5.16 Å².